The molecule has 20 heavy (non-hydrogen) atoms. The van der Waals surface area contributed by atoms with E-state index in [4.69, 9.17) is 19.9 Å². The molecule has 1 atom stereocenters. The first-order valence-corrected chi connectivity index (χ1v) is 6.64. The number of amides is 1. The Morgan fingerprint density at radius 1 is 1.40 bits per heavy atom. The molecule has 0 saturated heterocycles. The summed E-state index contributed by atoms with van der Waals surface area (Å²) in [6.45, 7) is 4.57. The largest absolute Gasteiger partial charge is 0.493 e. The number of rotatable bonds is 7. The fourth-order valence-electron chi connectivity index (χ4n) is 1.97. The SMILES string of the molecule is CC(C)NC(CCOc1ccc2c(c1)OCO2)C(N)=O. The number of carbonyl (C=O) groups is 1. The summed E-state index contributed by atoms with van der Waals surface area (Å²) in [7, 11) is 0. The third kappa shape index (κ3) is 3.77. The van der Waals surface area contributed by atoms with E-state index in [0.717, 1.165) is 0 Å². The van der Waals surface area contributed by atoms with Gasteiger partial charge in [0.1, 0.15) is 5.75 Å². The molecule has 0 saturated carbocycles. The lowest BCUT2D eigenvalue weighted by Crippen LogP contribution is -2.45. The topological polar surface area (TPSA) is 82.8 Å². The van der Waals surface area contributed by atoms with Gasteiger partial charge >= 0.3 is 0 Å². The number of nitrogens with one attached hydrogen (secondary N) is 1. The normalized spacial score (nSPS) is 14.3. The number of hydrogen-bond donors (Lipinski definition) is 2. The molecule has 0 spiro atoms. The van der Waals surface area contributed by atoms with Crippen molar-refractivity contribution < 1.29 is 19.0 Å². The Morgan fingerprint density at radius 2 is 2.15 bits per heavy atom. The molecule has 110 valence electrons. The number of hydrogen-bond acceptors (Lipinski definition) is 5. The van der Waals surface area contributed by atoms with Gasteiger partial charge in [0.05, 0.1) is 12.6 Å². The van der Waals surface area contributed by atoms with Gasteiger partial charge in [-0.25, -0.2) is 0 Å². The molecule has 1 aromatic carbocycles. The Bertz CT molecular complexity index is 476. The number of benzene rings is 1. The van der Waals surface area contributed by atoms with Crippen molar-refractivity contribution in [2.24, 2.45) is 5.73 Å². The van der Waals surface area contributed by atoms with E-state index in [0.29, 0.717) is 30.3 Å². The first-order valence-electron chi connectivity index (χ1n) is 6.64. The predicted octanol–water partition coefficient (Wildman–Crippen LogP) is 1.04. The molecular weight excluding hydrogens is 260 g/mol. The summed E-state index contributed by atoms with van der Waals surface area (Å²) in [5.74, 6) is 1.71. The fraction of sp³-hybridized carbons (Fsp3) is 0.500. The maximum atomic E-state index is 11.3. The van der Waals surface area contributed by atoms with Crippen molar-refractivity contribution in [3.63, 3.8) is 0 Å². The molecule has 1 aliphatic rings. The van der Waals surface area contributed by atoms with Gasteiger partial charge in [-0.1, -0.05) is 13.8 Å². The highest BCUT2D eigenvalue weighted by molar-refractivity contribution is 5.79. The molecule has 0 aromatic heterocycles. The molecule has 2 rings (SSSR count). The predicted molar refractivity (Wildman–Crippen MR) is 73.9 cm³/mol. The molecule has 1 aromatic rings. The van der Waals surface area contributed by atoms with Crippen LogP contribution in [0.15, 0.2) is 18.2 Å². The molecule has 1 aliphatic heterocycles. The number of ether oxygens (including phenoxy) is 3. The van der Waals surface area contributed by atoms with Crippen LogP contribution in [-0.2, 0) is 4.79 Å². The van der Waals surface area contributed by atoms with E-state index in [9.17, 15) is 4.79 Å². The van der Waals surface area contributed by atoms with Gasteiger partial charge in [0.15, 0.2) is 11.5 Å². The van der Waals surface area contributed by atoms with E-state index in [-0.39, 0.29) is 24.8 Å². The number of nitrogens with two attached hydrogens (primary N) is 1. The molecule has 0 bridgehead atoms. The van der Waals surface area contributed by atoms with Crippen LogP contribution >= 0.6 is 0 Å². The Labute approximate surface area is 118 Å². The zero-order valence-corrected chi connectivity index (χ0v) is 11.7. The smallest absolute Gasteiger partial charge is 0.234 e. The number of carbonyl (C=O) groups excluding carboxylic acids is 1. The second-order valence-corrected chi connectivity index (χ2v) is 4.93. The van der Waals surface area contributed by atoms with Crippen molar-refractivity contribution >= 4 is 5.91 Å². The van der Waals surface area contributed by atoms with E-state index in [2.05, 4.69) is 5.32 Å². The average molecular weight is 280 g/mol. The van der Waals surface area contributed by atoms with Crippen molar-refractivity contribution in [3.05, 3.63) is 18.2 Å². The van der Waals surface area contributed by atoms with Crippen molar-refractivity contribution in [3.8, 4) is 17.2 Å². The van der Waals surface area contributed by atoms with Crippen LogP contribution in [0.1, 0.15) is 20.3 Å². The molecule has 0 fully saturated rings. The Balaban J connectivity index is 1.84. The maximum absolute atomic E-state index is 11.3. The van der Waals surface area contributed by atoms with Gasteiger partial charge in [0.25, 0.3) is 0 Å². The fourth-order valence-corrected chi connectivity index (χ4v) is 1.97. The van der Waals surface area contributed by atoms with Gasteiger partial charge in [0.2, 0.25) is 12.7 Å². The first kappa shape index (κ1) is 14.5. The van der Waals surface area contributed by atoms with E-state index in [1.54, 1.807) is 12.1 Å². The summed E-state index contributed by atoms with van der Waals surface area (Å²) in [5, 5.41) is 3.11. The van der Waals surface area contributed by atoms with Crippen LogP contribution in [0.2, 0.25) is 0 Å². The molecule has 0 radical (unpaired) electrons. The third-order valence-electron chi connectivity index (χ3n) is 2.90. The van der Waals surface area contributed by atoms with Crippen LogP contribution in [-0.4, -0.2) is 31.4 Å². The van der Waals surface area contributed by atoms with Gasteiger partial charge in [-0.15, -0.1) is 0 Å². The van der Waals surface area contributed by atoms with Crippen LogP contribution in [0, 0.1) is 0 Å². The molecule has 3 N–H and O–H groups in total. The van der Waals surface area contributed by atoms with Crippen molar-refractivity contribution in [2.75, 3.05) is 13.4 Å². The standard InChI is InChI=1S/C14H20N2O4/c1-9(2)16-11(14(15)17)5-6-18-10-3-4-12-13(7-10)20-8-19-12/h3-4,7,9,11,16H,5-6,8H2,1-2H3,(H2,15,17). The Hall–Kier alpha value is -1.95. The van der Waals surface area contributed by atoms with Gasteiger partial charge in [-0.3, -0.25) is 4.79 Å². The van der Waals surface area contributed by atoms with Crippen molar-refractivity contribution in [1.29, 1.82) is 0 Å². The quantitative estimate of drug-likeness (QED) is 0.779. The van der Waals surface area contributed by atoms with E-state index in [1.165, 1.54) is 0 Å². The van der Waals surface area contributed by atoms with Crippen molar-refractivity contribution in [1.82, 2.24) is 5.32 Å². The second-order valence-electron chi connectivity index (χ2n) is 4.93. The lowest BCUT2D eigenvalue weighted by molar-refractivity contribution is -0.120. The second kappa shape index (κ2) is 6.47. The van der Waals surface area contributed by atoms with Crippen LogP contribution in [0.25, 0.3) is 0 Å². The van der Waals surface area contributed by atoms with E-state index < -0.39 is 0 Å². The molecule has 6 heteroatoms. The third-order valence-corrected chi connectivity index (χ3v) is 2.90. The molecule has 0 aliphatic carbocycles. The summed E-state index contributed by atoms with van der Waals surface area (Å²) in [6.07, 6.45) is 0.516. The van der Waals surface area contributed by atoms with Gasteiger partial charge in [-0.05, 0) is 12.1 Å². The minimum Gasteiger partial charge on any atom is -0.493 e. The first-order chi connectivity index (χ1) is 9.56. The molecule has 1 unspecified atom stereocenters. The minimum absolute atomic E-state index is 0.193. The van der Waals surface area contributed by atoms with Crippen LogP contribution < -0.4 is 25.3 Å². The number of fused-ring (bicyclic) bond motifs is 1. The highest BCUT2D eigenvalue weighted by Gasteiger charge is 2.17. The van der Waals surface area contributed by atoms with E-state index >= 15 is 0 Å². The molecular formula is C14H20N2O4. The van der Waals surface area contributed by atoms with E-state index in [1.807, 2.05) is 19.9 Å². The van der Waals surface area contributed by atoms with Crippen LogP contribution in [0.4, 0.5) is 0 Å². The molecule has 1 heterocycles. The number of primary amides is 1. The lowest BCUT2D eigenvalue weighted by Gasteiger charge is -2.18. The van der Waals surface area contributed by atoms with Crippen molar-refractivity contribution in [2.45, 2.75) is 32.4 Å². The van der Waals surface area contributed by atoms with Gasteiger partial charge in [0, 0.05) is 18.5 Å². The average Bonchev–Trinajstić information content (AvgIpc) is 2.84. The summed E-state index contributed by atoms with van der Waals surface area (Å²) < 4.78 is 16.1. The highest BCUT2D eigenvalue weighted by atomic mass is 16.7. The Morgan fingerprint density at radius 3 is 2.85 bits per heavy atom. The molecule has 1 amide bonds. The van der Waals surface area contributed by atoms with Crippen LogP contribution in [0.5, 0.6) is 17.2 Å². The summed E-state index contributed by atoms with van der Waals surface area (Å²) in [4.78, 5) is 11.3. The molecule has 6 nitrogen and oxygen atoms in total. The highest BCUT2D eigenvalue weighted by Crippen LogP contribution is 2.35. The zero-order chi connectivity index (χ0) is 14.5. The zero-order valence-electron chi connectivity index (χ0n) is 11.7. The van der Waals surface area contributed by atoms with Crippen LogP contribution in [0.3, 0.4) is 0 Å². The van der Waals surface area contributed by atoms with Gasteiger partial charge < -0.3 is 25.3 Å². The summed E-state index contributed by atoms with van der Waals surface area (Å²) in [5.41, 5.74) is 5.34. The minimum atomic E-state index is -0.385. The summed E-state index contributed by atoms with van der Waals surface area (Å²) >= 11 is 0. The Kier molecular flexibility index (Phi) is 4.68. The van der Waals surface area contributed by atoms with Gasteiger partial charge in [-0.2, -0.15) is 0 Å². The lowest BCUT2D eigenvalue weighted by atomic mass is 10.2. The summed E-state index contributed by atoms with van der Waals surface area (Å²) in [6, 6.07) is 5.19. The maximum Gasteiger partial charge on any atom is 0.234 e. The monoisotopic (exact) mass is 280 g/mol.